The summed E-state index contributed by atoms with van der Waals surface area (Å²) in [7, 11) is -3.70. The highest BCUT2D eigenvalue weighted by molar-refractivity contribution is 7.91. The fourth-order valence-corrected chi connectivity index (χ4v) is 5.62. The van der Waals surface area contributed by atoms with Crippen molar-refractivity contribution in [3.8, 4) is 0 Å². The van der Waals surface area contributed by atoms with Gasteiger partial charge in [-0.15, -0.1) is 11.3 Å². The van der Waals surface area contributed by atoms with Gasteiger partial charge < -0.3 is 10.0 Å². The minimum Gasteiger partial charge on any atom is -0.478 e. The van der Waals surface area contributed by atoms with Crippen LogP contribution in [0, 0.1) is 5.92 Å². The van der Waals surface area contributed by atoms with Crippen LogP contribution < -0.4 is 0 Å². The number of hydrogen-bond acceptors (Lipinski definition) is 5. The quantitative estimate of drug-likeness (QED) is 0.772. The van der Waals surface area contributed by atoms with E-state index in [-0.39, 0.29) is 28.8 Å². The van der Waals surface area contributed by atoms with Gasteiger partial charge in [-0.2, -0.15) is 4.31 Å². The van der Waals surface area contributed by atoms with Gasteiger partial charge in [0, 0.05) is 38.0 Å². The zero-order chi connectivity index (χ0) is 18.6. The zero-order valence-electron chi connectivity index (χ0n) is 14.5. The first kappa shape index (κ1) is 19.9. The molecule has 0 bridgehead atoms. The molecule has 1 unspecified atom stereocenters. The molecular weight excluding hydrogens is 364 g/mol. The smallest absolute Gasteiger partial charge is 0.336 e. The van der Waals surface area contributed by atoms with Crippen molar-refractivity contribution in [1.29, 1.82) is 0 Å². The molecule has 1 aromatic rings. The fourth-order valence-electron chi connectivity index (χ4n) is 2.89. The van der Waals surface area contributed by atoms with Crippen LogP contribution in [0.4, 0.5) is 0 Å². The number of carbonyl (C=O) groups excluding carboxylic acids is 1. The second-order valence-electron chi connectivity index (χ2n) is 6.34. The molecule has 1 aliphatic heterocycles. The van der Waals surface area contributed by atoms with Crippen LogP contribution in [0.1, 0.15) is 43.5 Å². The van der Waals surface area contributed by atoms with Crippen LogP contribution in [0.2, 0.25) is 0 Å². The predicted octanol–water partition coefficient (Wildman–Crippen LogP) is 2.11. The van der Waals surface area contributed by atoms with E-state index in [0.29, 0.717) is 25.4 Å². The Hall–Kier alpha value is -1.45. The van der Waals surface area contributed by atoms with E-state index in [4.69, 9.17) is 5.11 Å². The maximum Gasteiger partial charge on any atom is 0.336 e. The van der Waals surface area contributed by atoms with Crippen molar-refractivity contribution in [2.75, 3.05) is 26.2 Å². The molecule has 1 amide bonds. The van der Waals surface area contributed by atoms with Crippen molar-refractivity contribution in [2.45, 2.75) is 37.3 Å². The van der Waals surface area contributed by atoms with Crippen molar-refractivity contribution in [3.63, 3.8) is 0 Å². The average molecular weight is 389 g/mol. The number of thiophene rings is 1. The molecular formula is C16H24N2O5S2. The lowest BCUT2D eigenvalue weighted by molar-refractivity contribution is -0.133. The molecule has 0 radical (unpaired) electrons. The number of sulfonamides is 1. The summed E-state index contributed by atoms with van der Waals surface area (Å²) < 4.78 is 26.6. The number of amides is 1. The molecule has 1 N–H and O–H groups in total. The van der Waals surface area contributed by atoms with Gasteiger partial charge in [-0.3, -0.25) is 4.79 Å². The summed E-state index contributed by atoms with van der Waals surface area (Å²) in [6, 6.07) is 1.19. The van der Waals surface area contributed by atoms with Crippen molar-refractivity contribution < 1.29 is 23.1 Å². The lowest BCUT2D eigenvalue weighted by Crippen LogP contribution is -2.50. The molecule has 2 rings (SSSR count). The van der Waals surface area contributed by atoms with E-state index in [1.54, 1.807) is 4.90 Å². The van der Waals surface area contributed by atoms with Crippen LogP contribution in [0.3, 0.4) is 0 Å². The predicted molar refractivity (Wildman–Crippen MR) is 95.3 cm³/mol. The summed E-state index contributed by atoms with van der Waals surface area (Å²) in [6.45, 7) is 5.35. The second kappa shape index (κ2) is 8.29. The Bertz CT molecular complexity index is 721. The number of piperazine rings is 1. The highest BCUT2D eigenvalue weighted by atomic mass is 32.2. The minimum atomic E-state index is -3.70. The largest absolute Gasteiger partial charge is 0.478 e. The molecule has 0 spiro atoms. The SMILES string of the molecule is CCCC(C)CC(=O)N1CCN(S(=O)(=O)c2cc(C(=O)O)cs2)CC1. The standard InChI is InChI=1S/C16H24N2O5S2/c1-3-4-12(2)9-14(19)17-5-7-18(8-6-17)25(22,23)15-10-13(11-24-15)16(20)21/h10-12H,3-9H2,1-2H3,(H,20,21). The van der Waals surface area contributed by atoms with Crippen LogP contribution in [-0.2, 0) is 14.8 Å². The fraction of sp³-hybridized carbons (Fsp3) is 0.625. The molecule has 25 heavy (non-hydrogen) atoms. The van der Waals surface area contributed by atoms with E-state index in [0.717, 1.165) is 24.2 Å². The van der Waals surface area contributed by atoms with Crippen LogP contribution in [0.15, 0.2) is 15.7 Å². The second-order valence-corrected chi connectivity index (χ2v) is 9.42. The van der Waals surface area contributed by atoms with Crippen LogP contribution in [0.5, 0.6) is 0 Å². The molecule has 1 fully saturated rings. The summed E-state index contributed by atoms with van der Waals surface area (Å²) in [5.74, 6) is -0.739. The zero-order valence-corrected chi connectivity index (χ0v) is 16.1. The molecule has 1 aliphatic rings. The first-order valence-corrected chi connectivity index (χ1v) is 10.7. The van der Waals surface area contributed by atoms with Crippen LogP contribution >= 0.6 is 11.3 Å². The molecule has 140 valence electrons. The Morgan fingerprint density at radius 1 is 1.28 bits per heavy atom. The molecule has 0 saturated carbocycles. The highest BCUT2D eigenvalue weighted by Gasteiger charge is 2.31. The number of rotatable bonds is 7. The number of carboxylic acids is 1. The van der Waals surface area contributed by atoms with Gasteiger partial charge in [0.2, 0.25) is 5.91 Å². The Labute approximate surface area is 152 Å². The highest BCUT2D eigenvalue weighted by Crippen LogP contribution is 2.25. The van der Waals surface area contributed by atoms with Crippen molar-refractivity contribution >= 4 is 33.2 Å². The van der Waals surface area contributed by atoms with Gasteiger partial charge in [0.05, 0.1) is 5.56 Å². The van der Waals surface area contributed by atoms with E-state index < -0.39 is 16.0 Å². The molecule has 0 aliphatic carbocycles. The Morgan fingerprint density at radius 2 is 1.92 bits per heavy atom. The molecule has 1 atom stereocenters. The Morgan fingerprint density at radius 3 is 2.44 bits per heavy atom. The molecule has 0 aromatic carbocycles. The van der Waals surface area contributed by atoms with Crippen LogP contribution in [0.25, 0.3) is 0 Å². The van der Waals surface area contributed by atoms with Gasteiger partial charge in [0.1, 0.15) is 4.21 Å². The number of hydrogen-bond donors (Lipinski definition) is 1. The topological polar surface area (TPSA) is 95.0 Å². The third-order valence-corrected chi connectivity index (χ3v) is 7.63. The van der Waals surface area contributed by atoms with Gasteiger partial charge in [-0.25, -0.2) is 13.2 Å². The summed E-state index contributed by atoms with van der Waals surface area (Å²) in [5.41, 5.74) is -0.0256. The van der Waals surface area contributed by atoms with Gasteiger partial charge in [-0.05, 0) is 12.0 Å². The number of carboxylic acid groups (broad SMARTS) is 1. The van der Waals surface area contributed by atoms with Crippen molar-refractivity contribution in [1.82, 2.24) is 9.21 Å². The lowest BCUT2D eigenvalue weighted by atomic mass is 10.0. The van der Waals surface area contributed by atoms with Gasteiger partial charge in [0.15, 0.2) is 0 Å². The Balaban J connectivity index is 1.96. The van der Waals surface area contributed by atoms with Crippen LogP contribution in [-0.4, -0.2) is 60.8 Å². The van der Waals surface area contributed by atoms with Gasteiger partial charge in [-0.1, -0.05) is 26.7 Å². The van der Waals surface area contributed by atoms with Crippen molar-refractivity contribution in [3.05, 3.63) is 17.0 Å². The van der Waals surface area contributed by atoms with E-state index in [2.05, 4.69) is 13.8 Å². The molecule has 1 aromatic heterocycles. The molecule has 2 heterocycles. The maximum absolute atomic E-state index is 12.6. The third-order valence-electron chi connectivity index (χ3n) is 4.31. The summed E-state index contributed by atoms with van der Waals surface area (Å²) in [6.07, 6.45) is 2.54. The van der Waals surface area contributed by atoms with E-state index in [9.17, 15) is 18.0 Å². The summed E-state index contributed by atoms with van der Waals surface area (Å²) in [5, 5.41) is 10.3. The van der Waals surface area contributed by atoms with Crippen molar-refractivity contribution in [2.24, 2.45) is 5.92 Å². The van der Waals surface area contributed by atoms with Gasteiger partial charge >= 0.3 is 5.97 Å². The maximum atomic E-state index is 12.6. The lowest BCUT2D eigenvalue weighted by Gasteiger charge is -2.34. The monoisotopic (exact) mass is 388 g/mol. The average Bonchev–Trinajstić information content (AvgIpc) is 3.06. The Kier molecular flexibility index (Phi) is 6.59. The van der Waals surface area contributed by atoms with E-state index in [1.807, 2.05) is 0 Å². The summed E-state index contributed by atoms with van der Waals surface area (Å²) in [4.78, 5) is 24.9. The first-order chi connectivity index (χ1) is 11.8. The number of nitrogens with zero attached hydrogens (tertiary/aromatic N) is 2. The van der Waals surface area contributed by atoms with E-state index >= 15 is 0 Å². The molecule has 1 saturated heterocycles. The normalized spacial score (nSPS) is 17.4. The number of aromatic carboxylic acids is 1. The van der Waals surface area contributed by atoms with Gasteiger partial charge in [0.25, 0.3) is 10.0 Å². The third kappa shape index (κ3) is 4.80. The summed E-state index contributed by atoms with van der Waals surface area (Å²) >= 11 is 0.908. The minimum absolute atomic E-state index is 0.0256. The van der Waals surface area contributed by atoms with E-state index in [1.165, 1.54) is 15.8 Å². The number of carbonyl (C=O) groups is 2. The molecule has 9 heteroatoms. The first-order valence-electron chi connectivity index (χ1n) is 8.35. The molecule has 7 nitrogen and oxygen atoms in total.